The second-order valence-corrected chi connectivity index (χ2v) is 10.4. The Bertz CT molecular complexity index is 1160. The highest BCUT2D eigenvalue weighted by atomic mass is 35.5. The van der Waals surface area contributed by atoms with Crippen molar-refractivity contribution in [3.63, 3.8) is 0 Å². The van der Waals surface area contributed by atoms with Crippen LogP contribution in [0.5, 0.6) is 5.75 Å². The third-order valence-corrected chi connectivity index (χ3v) is 8.08. The molecule has 0 saturated carbocycles. The highest BCUT2D eigenvalue weighted by Crippen LogP contribution is 2.41. The lowest BCUT2D eigenvalue weighted by molar-refractivity contribution is -0.153. The molecule has 0 aliphatic carbocycles. The summed E-state index contributed by atoms with van der Waals surface area (Å²) >= 11 is 8.14. The van der Waals surface area contributed by atoms with Gasteiger partial charge in [0.15, 0.2) is 0 Å². The average molecular weight is 516 g/mol. The molecule has 9 heteroatoms. The third kappa shape index (κ3) is 6.06. The number of methoxy groups -OCH3 is 1. The molecule has 3 aromatic rings. The molecule has 0 unspecified atom stereocenters. The van der Waals surface area contributed by atoms with Crippen LogP contribution >= 0.6 is 23.4 Å². The number of carboxylic acid groups (broad SMARTS) is 1. The van der Waals surface area contributed by atoms with Crippen LogP contribution in [0.25, 0.3) is 10.9 Å². The number of aliphatic carboxylic acids is 1. The quantitative estimate of drug-likeness (QED) is 0.361. The van der Waals surface area contributed by atoms with Gasteiger partial charge < -0.3 is 19.8 Å². The van der Waals surface area contributed by atoms with E-state index in [1.165, 1.54) is 6.20 Å². The Hall–Kier alpha value is -2.39. The standard InChI is InChI=1S/C26H30ClN3O4S/c1-34-18-5-6-21-19(16-18)24(20(27)17-29-21)22(31)7-8-26(25(32)33)9-12-30(13-10-26)14-15-35-23-4-2-3-11-28-23/h2-6,11,16-17,22,31H,7-10,12-15H2,1H3,(H,32,33)/t22-/m0/s1. The molecular formula is C26H30ClN3O4S. The number of aliphatic hydroxyl groups excluding tert-OH is 1. The van der Waals surface area contributed by atoms with Crippen LogP contribution in [-0.4, -0.2) is 63.5 Å². The number of nitrogens with zero attached hydrogens (tertiary/aromatic N) is 3. The molecule has 7 nitrogen and oxygen atoms in total. The first-order valence-electron chi connectivity index (χ1n) is 11.7. The summed E-state index contributed by atoms with van der Waals surface area (Å²) in [5.41, 5.74) is 0.424. The summed E-state index contributed by atoms with van der Waals surface area (Å²) in [5, 5.41) is 23.3. The van der Waals surface area contributed by atoms with Gasteiger partial charge in [-0.3, -0.25) is 9.78 Å². The summed E-state index contributed by atoms with van der Waals surface area (Å²) in [6.07, 6.45) is 4.22. The third-order valence-electron chi connectivity index (χ3n) is 6.86. The number of pyridine rings is 2. The number of rotatable bonds is 10. The van der Waals surface area contributed by atoms with Crippen LogP contribution in [0.1, 0.15) is 37.4 Å². The maximum Gasteiger partial charge on any atom is 0.309 e. The lowest BCUT2D eigenvalue weighted by atomic mass is 9.74. The van der Waals surface area contributed by atoms with E-state index >= 15 is 0 Å². The minimum absolute atomic E-state index is 0.303. The molecule has 186 valence electrons. The highest BCUT2D eigenvalue weighted by Gasteiger charge is 2.41. The number of hydrogen-bond acceptors (Lipinski definition) is 7. The molecule has 0 bridgehead atoms. The maximum atomic E-state index is 12.3. The Kier molecular flexibility index (Phi) is 8.49. The molecule has 2 aromatic heterocycles. The number of ether oxygens (including phenoxy) is 1. The zero-order valence-electron chi connectivity index (χ0n) is 19.7. The zero-order chi connectivity index (χ0) is 24.8. The zero-order valence-corrected chi connectivity index (χ0v) is 21.3. The largest absolute Gasteiger partial charge is 0.497 e. The van der Waals surface area contributed by atoms with Gasteiger partial charge in [-0.25, -0.2) is 4.98 Å². The SMILES string of the molecule is COc1ccc2ncc(Cl)c([C@@H](O)CCC3(C(=O)O)CCN(CCSc4ccccn4)CC3)c2c1. The molecule has 0 spiro atoms. The van der Waals surface area contributed by atoms with Crippen molar-refractivity contribution < 1.29 is 19.7 Å². The van der Waals surface area contributed by atoms with E-state index in [-0.39, 0.29) is 0 Å². The predicted octanol–water partition coefficient (Wildman–Crippen LogP) is 5.06. The lowest BCUT2D eigenvalue weighted by Gasteiger charge is -2.39. The molecule has 4 rings (SSSR count). The number of aromatic nitrogens is 2. The van der Waals surface area contributed by atoms with Gasteiger partial charge in [-0.1, -0.05) is 17.7 Å². The smallest absolute Gasteiger partial charge is 0.309 e. The topological polar surface area (TPSA) is 95.8 Å². The van der Waals surface area contributed by atoms with Crippen molar-refractivity contribution in [1.29, 1.82) is 0 Å². The summed E-state index contributed by atoms with van der Waals surface area (Å²) < 4.78 is 5.32. The second kappa shape index (κ2) is 11.6. The van der Waals surface area contributed by atoms with E-state index < -0.39 is 17.5 Å². The van der Waals surface area contributed by atoms with Crippen LogP contribution in [0.3, 0.4) is 0 Å². The maximum absolute atomic E-state index is 12.3. The van der Waals surface area contributed by atoms with E-state index in [2.05, 4.69) is 14.9 Å². The molecule has 1 saturated heterocycles. The Balaban J connectivity index is 1.38. The molecular weight excluding hydrogens is 486 g/mol. The number of piperidine rings is 1. The number of hydrogen-bond donors (Lipinski definition) is 2. The molecule has 1 atom stereocenters. The summed E-state index contributed by atoms with van der Waals surface area (Å²) in [6, 6.07) is 11.3. The number of aliphatic hydroxyl groups is 1. The van der Waals surface area contributed by atoms with Crippen molar-refractivity contribution in [2.75, 3.05) is 32.5 Å². The van der Waals surface area contributed by atoms with Gasteiger partial charge in [-0.2, -0.15) is 0 Å². The number of likely N-dealkylation sites (tertiary alicyclic amines) is 1. The molecule has 0 amide bonds. The van der Waals surface area contributed by atoms with Gasteiger partial charge >= 0.3 is 5.97 Å². The first kappa shape index (κ1) is 25.7. The van der Waals surface area contributed by atoms with Crippen LogP contribution in [0.2, 0.25) is 5.02 Å². The number of benzene rings is 1. The number of carboxylic acids is 1. The van der Waals surface area contributed by atoms with E-state index in [1.54, 1.807) is 31.1 Å². The van der Waals surface area contributed by atoms with Crippen LogP contribution in [0.4, 0.5) is 0 Å². The minimum atomic E-state index is -0.899. The number of thioether (sulfide) groups is 1. The van der Waals surface area contributed by atoms with Gasteiger partial charge in [0.25, 0.3) is 0 Å². The Labute approximate surface area is 214 Å². The van der Waals surface area contributed by atoms with Crippen molar-refractivity contribution in [3.05, 3.63) is 59.4 Å². The predicted molar refractivity (Wildman–Crippen MR) is 138 cm³/mol. The Morgan fingerprint density at radius 2 is 2.06 bits per heavy atom. The van der Waals surface area contributed by atoms with E-state index in [9.17, 15) is 15.0 Å². The number of fused-ring (bicyclic) bond motifs is 1. The van der Waals surface area contributed by atoms with E-state index in [1.807, 2.05) is 30.3 Å². The molecule has 2 N–H and O–H groups in total. The van der Waals surface area contributed by atoms with Crippen molar-refractivity contribution in [1.82, 2.24) is 14.9 Å². The molecule has 35 heavy (non-hydrogen) atoms. The van der Waals surface area contributed by atoms with Gasteiger partial charge in [0.1, 0.15) is 5.75 Å². The molecule has 3 heterocycles. The van der Waals surface area contributed by atoms with Crippen LogP contribution in [0.15, 0.2) is 53.8 Å². The van der Waals surface area contributed by atoms with Crippen LogP contribution in [-0.2, 0) is 4.79 Å². The van der Waals surface area contributed by atoms with Gasteiger partial charge in [-0.15, -0.1) is 11.8 Å². The first-order chi connectivity index (χ1) is 16.9. The Morgan fingerprint density at radius 1 is 1.26 bits per heavy atom. The fraction of sp³-hybridized carbons (Fsp3) is 0.423. The van der Waals surface area contributed by atoms with Gasteiger partial charge in [-0.05, 0) is 69.1 Å². The minimum Gasteiger partial charge on any atom is -0.497 e. The van der Waals surface area contributed by atoms with E-state index in [0.29, 0.717) is 52.9 Å². The van der Waals surface area contributed by atoms with Gasteiger partial charge in [0.2, 0.25) is 0 Å². The molecule has 1 fully saturated rings. The van der Waals surface area contributed by atoms with Gasteiger partial charge in [0.05, 0.1) is 34.2 Å². The van der Waals surface area contributed by atoms with E-state index in [4.69, 9.17) is 16.3 Å². The number of halogens is 1. The highest BCUT2D eigenvalue weighted by molar-refractivity contribution is 7.99. The summed E-state index contributed by atoms with van der Waals surface area (Å²) in [5.74, 6) is 0.762. The fourth-order valence-corrected chi connectivity index (χ4v) is 5.82. The second-order valence-electron chi connectivity index (χ2n) is 8.90. The normalized spacial score (nSPS) is 16.8. The van der Waals surface area contributed by atoms with Crippen molar-refractivity contribution in [2.24, 2.45) is 5.41 Å². The molecule has 0 radical (unpaired) electrons. The van der Waals surface area contributed by atoms with Crippen molar-refractivity contribution >= 4 is 40.2 Å². The molecule has 1 aliphatic heterocycles. The van der Waals surface area contributed by atoms with E-state index in [0.717, 1.165) is 30.4 Å². The fourth-order valence-electron chi connectivity index (χ4n) is 4.68. The van der Waals surface area contributed by atoms with Crippen LogP contribution < -0.4 is 4.74 Å². The summed E-state index contributed by atoms with van der Waals surface area (Å²) in [4.78, 5) is 23.3. The summed E-state index contributed by atoms with van der Waals surface area (Å²) in [6.45, 7) is 2.34. The average Bonchev–Trinajstić information content (AvgIpc) is 2.88. The summed E-state index contributed by atoms with van der Waals surface area (Å²) in [7, 11) is 1.58. The number of carbonyl (C=O) groups is 1. The van der Waals surface area contributed by atoms with Crippen molar-refractivity contribution in [2.45, 2.75) is 36.8 Å². The first-order valence-corrected chi connectivity index (χ1v) is 13.1. The monoisotopic (exact) mass is 515 g/mol. The Morgan fingerprint density at radius 3 is 2.74 bits per heavy atom. The molecule has 1 aliphatic rings. The van der Waals surface area contributed by atoms with Crippen molar-refractivity contribution in [3.8, 4) is 5.75 Å². The lowest BCUT2D eigenvalue weighted by Crippen LogP contribution is -2.45. The molecule has 1 aromatic carbocycles. The van der Waals surface area contributed by atoms with Gasteiger partial charge in [0, 0.05) is 35.6 Å². The van der Waals surface area contributed by atoms with Crippen LogP contribution in [0, 0.1) is 5.41 Å².